The molecule has 1 aromatic heterocycles. The maximum absolute atomic E-state index is 12.6. The maximum atomic E-state index is 12.6. The molecule has 1 aliphatic carbocycles. The Morgan fingerprint density at radius 1 is 1.19 bits per heavy atom. The van der Waals surface area contributed by atoms with Gasteiger partial charge in [-0.3, -0.25) is 9.59 Å². The lowest BCUT2D eigenvalue weighted by molar-refractivity contribution is -0.120. The number of ketones is 1. The van der Waals surface area contributed by atoms with Gasteiger partial charge in [0.25, 0.3) is 0 Å². The first kappa shape index (κ1) is 18.4. The van der Waals surface area contributed by atoms with Crippen LogP contribution in [0, 0.1) is 12.8 Å². The van der Waals surface area contributed by atoms with Gasteiger partial charge in [0.1, 0.15) is 0 Å². The summed E-state index contributed by atoms with van der Waals surface area (Å²) in [5.41, 5.74) is 5.09. The number of nitrogens with zero attached hydrogens (tertiary/aromatic N) is 1. The van der Waals surface area contributed by atoms with Crippen molar-refractivity contribution in [1.82, 2.24) is 9.88 Å². The Morgan fingerprint density at radius 3 is 2.62 bits per heavy atom. The number of carbonyl (C=O) groups excluding carboxylic acids is 2. The molecule has 0 saturated heterocycles. The first-order valence-electron chi connectivity index (χ1n) is 9.52. The van der Waals surface area contributed by atoms with Crippen LogP contribution in [0.4, 0.5) is 0 Å². The Bertz CT molecular complexity index is 803. The quantitative estimate of drug-likeness (QED) is 0.862. The van der Waals surface area contributed by atoms with E-state index in [1.165, 1.54) is 5.56 Å². The normalized spacial score (nSPS) is 13.8. The molecule has 26 heavy (non-hydrogen) atoms. The van der Waals surface area contributed by atoms with Crippen molar-refractivity contribution in [3.05, 3.63) is 58.4 Å². The summed E-state index contributed by atoms with van der Waals surface area (Å²) >= 11 is 0. The fourth-order valence-corrected chi connectivity index (χ4v) is 3.72. The number of amides is 1. The molecule has 1 N–H and O–H groups in total. The van der Waals surface area contributed by atoms with Crippen LogP contribution >= 0.6 is 0 Å². The highest BCUT2D eigenvalue weighted by atomic mass is 16.1. The summed E-state index contributed by atoms with van der Waals surface area (Å²) in [6, 6.07) is 10.3. The average Bonchev–Trinajstić information content (AvgIpc) is 2.88. The predicted molar refractivity (Wildman–Crippen MR) is 104 cm³/mol. The zero-order valence-corrected chi connectivity index (χ0v) is 16.0. The summed E-state index contributed by atoms with van der Waals surface area (Å²) in [5.74, 6) is 0.603. The van der Waals surface area contributed by atoms with Crippen LogP contribution in [0.5, 0.6) is 0 Å². The van der Waals surface area contributed by atoms with Crippen LogP contribution in [-0.4, -0.2) is 22.8 Å². The Morgan fingerprint density at radius 2 is 1.92 bits per heavy atom. The van der Waals surface area contributed by atoms with Gasteiger partial charge >= 0.3 is 0 Å². The highest BCUT2D eigenvalue weighted by Gasteiger charge is 2.28. The van der Waals surface area contributed by atoms with Crippen molar-refractivity contribution in [3.8, 4) is 0 Å². The van der Waals surface area contributed by atoms with Gasteiger partial charge in [-0.05, 0) is 36.8 Å². The van der Waals surface area contributed by atoms with Gasteiger partial charge in [-0.1, -0.05) is 44.2 Å². The molecule has 0 radical (unpaired) electrons. The highest BCUT2D eigenvalue weighted by Crippen LogP contribution is 2.31. The van der Waals surface area contributed by atoms with Crippen molar-refractivity contribution < 1.29 is 9.59 Å². The molecule has 3 rings (SSSR count). The van der Waals surface area contributed by atoms with Gasteiger partial charge in [-0.25, -0.2) is 0 Å². The van der Waals surface area contributed by atoms with Crippen LogP contribution < -0.4 is 5.32 Å². The Hall–Kier alpha value is -2.36. The fourth-order valence-electron chi connectivity index (χ4n) is 3.72. The third-order valence-corrected chi connectivity index (χ3v) is 5.08. The smallest absolute Gasteiger partial charge is 0.224 e. The molecule has 0 unspecified atom stereocenters. The summed E-state index contributed by atoms with van der Waals surface area (Å²) in [5, 5.41) is 2.98. The van der Waals surface area contributed by atoms with Crippen LogP contribution in [0.3, 0.4) is 0 Å². The molecule has 1 aliphatic rings. The Balaban J connectivity index is 1.93. The van der Waals surface area contributed by atoms with E-state index in [2.05, 4.69) is 35.9 Å². The lowest BCUT2D eigenvalue weighted by Crippen LogP contribution is -2.29. The molecule has 1 heterocycles. The molecule has 0 spiro atoms. The summed E-state index contributed by atoms with van der Waals surface area (Å²) < 4.78 is 2.24. The summed E-state index contributed by atoms with van der Waals surface area (Å²) in [6.45, 7) is 7.61. The van der Waals surface area contributed by atoms with E-state index in [1.807, 2.05) is 25.1 Å². The highest BCUT2D eigenvalue weighted by molar-refractivity contribution is 6.01. The first-order chi connectivity index (χ1) is 12.5. The van der Waals surface area contributed by atoms with Crippen LogP contribution in [-0.2, 0) is 24.2 Å². The molecule has 0 atom stereocenters. The van der Waals surface area contributed by atoms with E-state index in [0.29, 0.717) is 18.9 Å². The number of nitrogens with one attached hydrogen (secondary N) is 1. The van der Waals surface area contributed by atoms with Crippen molar-refractivity contribution in [2.45, 2.75) is 53.0 Å². The molecule has 0 aliphatic heterocycles. The van der Waals surface area contributed by atoms with Crippen molar-refractivity contribution in [1.29, 1.82) is 0 Å². The molecule has 0 fully saturated rings. The van der Waals surface area contributed by atoms with Gasteiger partial charge in [0.15, 0.2) is 5.78 Å². The van der Waals surface area contributed by atoms with E-state index in [0.717, 1.165) is 41.9 Å². The summed E-state index contributed by atoms with van der Waals surface area (Å²) in [7, 11) is 0. The van der Waals surface area contributed by atoms with Gasteiger partial charge in [0, 0.05) is 36.5 Å². The number of rotatable bonds is 6. The minimum atomic E-state index is -0.000153. The fraction of sp³-hybridized carbons (Fsp3) is 0.455. The summed E-state index contributed by atoms with van der Waals surface area (Å²) in [6.07, 6.45) is 2.67. The van der Waals surface area contributed by atoms with E-state index < -0.39 is 0 Å². The lowest BCUT2D eigenvalue weighted by Gasteiger charge is -2.16. The predicted octanol–water partition coefficient (Wildman–Crippen LogP) is 3.68. The van der Waals surface area contributed by atoms with Gasteiger partial charge in [0.05, 0.1) is 6.42 Å². The number of hydrogen-bond acceptors (Lipinski definition) is 2. The standard InChI is InChI=1S/C22H28N2O2/c1-15(2)13-23-21(26)12-18-16(3)24(14-17-8-5-4-6-9-17)19-10-7-11-20(25)22(18)19/h4-6,8-9,15H,7,10-14H2,1-3H3,(H,23,26). The van der Waals surface area contributed by atoms with Crippen molar-refractivity contribution >= 4 is 11.7 Å². The van der Waals surface area contributed by atoms with E-state index in [-0.39, 0.29) is 18.1 Å². The van der Waals surface area contributed by atoms with E-state index in [9.17, 15) is 9.59 Å². The molecule has 2 aromatic rings. The van der Waals surface area contributed by atoms with Crippen molar-refractivity contribution in [3.63, 3.8) is 0 Å². The average molecular weight is 352 g/mol. The number of carbonyl (C=O) groups is 2. The molecule has 0 bridgehead atoms. The van der Waals surface area contributed by atoms with Gasteiger partial charge in [-0.2, -0.15) is 0 Å². The largest absolute Gasteiger partial charge is 0.356 e. The molecular weight excluding hydrogens is 324 g/mol. The topological polar surface area (TPSA) is 51.1 Å². The number of aromatic nitrogens is 1. The number of Topliss-reactive ketones (excluding diaryl/α,β-unsaturated/α-hetero) is 1. The maximum Gasteiger partial charge on any atom is 0.224 e. The number of hydrogen-bond donors (Lipinski definition) is 1. The number of benzene rings is 1. The van der Waals surface area contributed by atoms with Gasteiger partial charge in [-0.15, -0.1) is 0 Å². The monoisotopic (exact) mass is 352 g/mol. The SMILES string of the molecule is Cc1c(CC(=O)NCC(C)C)c2c(n1Cc1ccccc1)CCCC2=O. The van der Waals surface area contributed by atoms with Crippen molar-refractivity contribution in [2.24, 2.45) is 5.92 Å². The third kappa shape index (κ3) is 3.90. The van der Waals surface area contributed by atoms with Crippen LogP contribution in [0.15, 0.2) is 30.3 Å². The molecule has 1 aromatic carbocycles. The van der Waals surface area contributed by atoms with E-state index in [4.69, 9.17) is 0 Å². The Labute approximate surface area is 155 Å². The zero-order chi connectivity index (χ0) is 18.7. The molecule has 0 saturated carbocycles. The number of fused-ring (bicyclic) bond motifs is 1. The molecule has 4 nitrogen and oxygen atoms in total. The molecule has 4 heteroatoms. The van der Waals surface area contributed by atoms with E-state index in [1.54, 1.807) is 0 Å². The first-order valence-corrected chi connectivity index (χ1v) is 9.52. The summed E-state index contributed by atoms with van der Waals surface area (Å²) in [4.78, 5) is 25.0. The van der Waals surface area contributed by atoms with Crippen molar-refractivity contribution in [2.75, 3.05) is 6.54 Å². The molecule has 1 amide bonds. The molecular formula is C22H28N2O2. The van der Waals surface area contributed by atoms with Gasteiger partial charge in [0.2, 0.25) is 5.91 Å². The minimum Gasteiger partial charge on any atom is -0.356 e. The van der Waals surface area contributed by atoms with Crippen LogP contribution in [0.25, 0.3) is 0 Å². The second-order valence-corrected chi connectivity index (χ2v) is 7.61. The zero-order valence-electron chi connectivity index (χ0n) is 16.0. The van der Waals surface area contributed by atoms with Crippen LogP contribution in [0.2, 0.25) is 0 Å². The second-order valence-electron chi connectivity index (χ2n) is 7.61. The minimum absolute atomic E-state index is 0.000153. The van der Waals surface area contributed by atoms with Crippen LogP contribution in [0.1, 0.15) is 59.6 Å². The lowest BCUT2D eigenvalue weighted by atomic mass is 9.92. The van der Waals surface area contributed by atoms with Gasteiger partial charge < -0.3 is 9.88 Å². The van der Waals surface area contributed by atoms with E-state index >= 15 is 0 Å². The Kier molecular flexibility index (Phi) is 5.60. The third-order valence-electron chi connectivity index (χ3n) is 5.08. The molecule has 138 valence electrons. The second kappa shape index (κ2) is 7.90.